The molecule has 3 rings (SSSR count). The van der Waals surface area contributed by atoms with Crippen molar-refractivity contribution in [2.45, 2.75) is 58.3 Å². The van der Waals surface area contributed by atoms with Crippen molar-refractivity contribution in [1.29, 1.82) is 0 Å². The van der Waals surface area contributed by atoms with Crippen LogP contribution in [-0.2, 0) is 6.42 Å². The first-order chi connectivity index (χ1) is 11.3. The molecular formula is C21H30N2. The molecular weight excluding hydrogens is 280 g/mol. The van der Waals surface area contributed by atoms with E-state index in [-0.39, 0.29) is 0 Å². The fourth-order valence-corrected chi connectivity index (χ4v) is 4.05. The summed E-state index contributed by atoms with van der Waals surface area (Å²) in [6.07, 6.45) is 10.3. The number of likely N-dealkylation sites (tertiary alicyclic amines) is 1. The van der Waals surface area contributed by atoms with Gasteiger partial charge in [-0.2, -0.15) is 0 Å². The van der Waals surface area contributed by atoms with Crippen molar-refractivity contribution < 1.29 is 0 Å². The number of benzene rings is 1. The second-order valence-electron chi connectivity index (χ2n) is 7.13. The third kappa shape index (κ3) is 4.11. The molecule has 0 spiro atoms. The van der Waals surface area contributed by atoms with E-state index in [1.807, 2.05) is 0 Å². The van der Waals surface area contributed by atoms with Crippen molar-refractivity contribution >= 4 is 18.0 Å². The number of nitrogens with zero attached hydrogens (tertiary/aromatic N) is 2. The summed E-state index contributed by atoms with van der Waals surface area (Å²) in [6, 6.07) is 6.85. The van der Waals surface area contributed by atoms with Crippen molar-refractivity contribution in [2.24, 2.45) is 4.99 Å². The Balaban J connectivity index is 1.58. The number of aliphatic imine (C=N–C) groups is 1. The molecule has 0 unspecified atom stereocenters. The Bertz CT molecular complexity index is 580. The van der Waals surface area contributed by atoms with E-state index in [1.165, 1.54) is 86.9 Å². The van der Waals surface area contributed by atoms with Crippen LogP contribution in [0.2, 0.25) is 0 Å². The first-order valence-corrected chi connectivity index (χ1v) is 9.29. The van der Waals surface area contributed by atoms with Crippen LogP contribution in [0.3, 0.4) is 0 Å². The Labute approximate surface area is 141 Å². The summed E-state index contributed by atoms with van der Waals surface area (Å²) in [5.41, 5.74) is 6.85. The van der Waals surface area contributed by atoms with Crippen LogP contribution in [0.1, 0.15) is 63.0 Å². The van der Waals surface area contributed by atoms with Crippen LogP contribution in [0, 0.1) is 0 Å². The van der Waals surface area contributed by atoms with Crippen LogP contribution in [0.25, 0.3) is 5.57 Å². The van der Waals surface area contributed by atoms with Gasteiger partial charge in [0, 0.05) is 5.56 Å². The first kappa shape index (κ1) is 16.4. The molecule has 1 aliphatic heterocycles. The minimum atomic E-state index is 1.08. The van der Waals surface area contributed by atoms with Gasteiger partial charge in [-0.15, -0.1) is 0 Å². The van der Waals surface area contributed by atoms with E-state index in [1.54, 1.807) is 0 Å². The molecule has 2 heteroatoms. The number of hydrogen-bond acceptors (Lipinski definition) is 2. The summed E-state index contributed by atoms with van der Waals surface area (Å²) in [4.78, 5) is 6.92. The molecule has 0 N–H and O–H groups in total. The molecule has 1 aliphatic carbocycles. The lowest BCUT2D eigenvalue weighted by molar-refractivity contribution is 0.330. The van der Waals surface area contributed by atoms with Crippen LogP contribution in [-0.4, -0.2) is 31.3 Å². The third-order valence-electron chi connectivity index (χ3n) is 5.44. The second kappa shape index (κ2) is 7.92. The van der Waals surface area contributed by atoms with Crippen LogP contribution in [0.5, 0.6) is 0 Å². The lowest BCUT2D eigenvalue weighted by Gasteiger charge is -2.14. The highest BCUT2D eigenvalue weighted by molar-refractivity contribution is 5.79. The molecule has 1 heterocycles. The van der Waals surface area contributed by atoms with Crippen molar-refractivity contribution in [3.63, 3.8) is 0 Å². The summed E-state index contributed by atoms with van der Waals surface area (Å²) in [5, 5.41) is 0. The van der Waals surface area contributed by atoms with Gasteiger partial charge in [0.1, 0.15) is 0 Å². The van der Waals surface area contributed by atoms with E-state index in [0.717, 1.165) is 12.1 Å². The third-order valence-corrected chi connectivity index (χ3v) is 5.44. The topological polar surface area (TPSA) is 15.6 Å². The van der Waals surface area contributed by atoms with Crippen molar-refractivity contribution in [1.82, 2.24) is 4.90 Å². The SMILES string of the molecule is C=Nc1cc(CCCCN2CCCC2)ccc1C1=C(C)CCC1. The lowest BCUT2D eigenvalue weighted by atomic mass is 9.97. The predicted octanol–water partition coefficient (Wildman–Crippen LogP) is 5.39. The highest BCUT2D eigenvalue weighted by atomic mass is 15.1. The van der Waals surface area contributed by atoms with Gasteiger partial charge < -0.3 is 4.90 Å². The molecule has 1 aromatic carbocycles. The number of hydrogen-bond donors (Lipinski definition) is 0. The number of aryl methyl sites for hydroxylation is 1. The molecule has 0 atom stereocenters. The molecule has 1 fully saturated rings. The molecule has 124 valence electrons. The minimum Gasteiger partial charge on any atom is -0.303 e. The maximum atomic E-state index is 4.31. The molecule has 2 nitrogen and oxygen atoms in total. The molecule has 2 aliphatic rings. The monoisotopic (exact) mass is 310 g/mol. The largest absolute Gasteiger partial charge is 0.303 e. The van der Waals surface area contributed by atoms with E-state index < -0.39 is 0 Å². The van der Waals surface area contributed by atoms with E-state index in [2.05, 4.69) is 41.7 Å². The van der Waals surface area contributed by atoms with Crippen molar-refractivity contribution in [3.05, 3.63) is 34.9 Å². The van der Waals surface area contributed by atoms with Crippen LogP contribution >= 0.6 is 0 Å². The lowest BCUT2D eigenvalue weighted by Crippen LogP contribution is -2.20. The van der Waals surface area contributed by atoms with Crippen molar-refractivity contribution in [3.8, 4) is 0 Å². The van der Waals surface area contributed by atoms with E-state index in [9.17, 15) is 0 Å². The van der Waals surface area contributed by atoms with Gasteiger partial charge in [0.15, 0.2) is 0 Å². The summed E-state index contributed by atoms with van der Waals surface area (Å²) in [6.45, 7) is 9.96. The summed E-state index contributed by atoms with van der Waals surface area (Å²) in [5.74, 6) is 0. The van der Waals surface area contributed by atoms with E-state index in [4.69, 9.17) is 0 Å². The molecule has 1 saturated heterocycles. The Morgan fingerprint density at radius 2 is 1.91 bits per heavy atom. The minimum absolute atomic E-state index is 1.08. The van der Waals surface area contributed by atoms with Gasteiger partial charge in [0.25, 0.3) is 0 Å². The predicted molar refractivity (Wildman–Crippen MR) is 101 cm³/mol. The van der Waals surface area contributed by atoms with E-state index >= 15 is 0 Å². The standard InChI is InChI=1S/C21H30N2/c1-17-8-7-10-19(17)20-12-11-18(16-21(20)22-2)9-3-4-13-23-14-5-6-15-23/h11-12,16H,2-10,13-15H2,1H3. The summed E-state index contributed by atoms with van der Waals surface area (Å²) >= 11 is 0. The maximum absolute atomic E-state index is 4.31. The molecule has 0 bridgehead atoms. The number of unbranched alkanes of at least 4 members (excludes halogenated alkanes) is 1. The van der Waals surface area contributed by atoms with Gasteiger partial charge in [-0.1, -0.05) is 17.7 Å². The first-order valence-electron chi connectivity index (χ1n) is 9.29. The molecule has 23 heavy (non-hydrogen) atoms. The van der Waals surface area contributed by atoms with E-state index in [0.29, 0.717) is 0 Å². The average molecular weight is 310 g/mol. The quantitative estimate of drug-likeness (QED) is 0.486. The van der Waals surface area contributed by atoms with Crippen LogP contribution in [0.15, 0.2) is 28.8 Å². The fraction of sp³-hybridized carbons (Fsp3) is 0.571. The van der Waals surface area contributed by atoms with Gasteiger partial charge in [0.05, 0.1) is 5.69 Å². The van der Waals surface area contributed by atoms with Gasteiger partial charge in [0.2, 0.25) is 0 Å². The Hall–Kier alpha value is -1.41. The Morgan fingerprint density at radius 1 is 1.09 bits per heavy atom. The van der Waals surface area contributed by atoms with Crippen molar-refractivity contribution in [2.75, 3.05) is 19.6 Å². The Kier molecular flexibility index (Phi) is 5.66. The molecule has 0 aromatic heterocycles. The molecule has 0 saturated carbocycles. The molecule has 1 aromatic rings. The maximum Gasteiger partial charge on any atom is 0.0700 e. The highest BCUT2D eigenvalue weighted by Crippen LogP contribution is 2.38. The normalized spacial score (nSPS) is 18.8. The number of rotatable bonds is 7. The zero-order valence-corrected chi connectivity index (χ0v) is 14.6. The number of allylic oxidation sites excluding steroid dienone is 2. The smallest absolute Gasteiger partial charge is 0.0700 e. The fourth-order valence-electron chi connectivity index (χ4n) is 4.05. The van der Waals surface area contributed by atoms with Gasteiger partial charge in [-0.3, -0.25) is 4.99 Å². The zero-order valence-electron chi connectivity index (χ0n) is 14.6. The van der Waals surface area contributed by atoms with Crippen LogP contribution in [0.4, 0.5) is 5.69 Å². The highest BCUT2D eigenvalue weighted by Gasteiger charge is 2.16. The zero-order chi connectivity index (χ0) is 16.1. The summed E-state index contributed by atoms with van der Waals surface area (Å²) < 4.78 is 0. The van der Waals surface area contributed by atoms with Gasteiger partial charge >= 0.3 is 0 Å². The Morgan fingerprint density at radius 3 is 2.61 bits per heavy atom. The summed E-state index contributed by atoms with van der Waals surface area (Å²) in [7, 11) is 0. The molecule has 0 radical (unpaired) electrons. The van der Waals surface area contributed by atoms with Gasteiger partial charge in [-0.05, 0) is 102 Å². The average Bonchev–Trinajstić information content (AvgIpc) is 3.23. The van der Waals surface area contributed by atoms with Gasteiger partial charge in [-0.25, -0.2) is 0 Å². The molecule has 0 amide bonds. The second-order valence-corrected chi connectivity index (χ2v) is 7.13. The van der Waals surface area contributed by atoms with Crippen LogP contribution < -0.4 is 0 Å².